The van der Waals surface area contributed by atoms with Gasteiger partial charge in [-0.05, 0) is 43.9 Å². The molecule has 1 heterocycles. The van der Waals surface area contributed by atoms with Crippen LogP contribution in [0.3, 0.4) is 0 Å². The van der Waals surface area contributed by atoms with Crippen molar-refractivity contribution in [1.82, 2.24) is 4.98 Å². The molecule has 0 bridgehead atoms. The minimum atomic E-state index is 0.0731. The summed E-state index contributed by atoms with van der Waals surface area (Å²) in [6.45, 7) is 5.31. The smallest absolute Gasteiger partial charge is 0.131 e. The normalized spacial score (nSPS) is 15.4. The number of aliphatic hydroxyl groups excluding tert-OH is 1. The van der Waals surface area contributed by atoms with Crippen molar-refractivity contribution < 1.29 is 5.11 Å². The average Bonchev–Trinajstić information content (AvgIpc) is 3.05. The molecule has 3 heteroatoms. The van der Waals surface area contributed by atoms with E-state index in [1.54, 1.807) is 6.20 Å². The van der Waals surface area contributed by atoms with E-state index in [0.29, 0.717) is 6.04 Å². The Labute approximate surface area is 90.8 Å². The van der Waals surface area contributed by atoms with E-state index in [1.807, 2.05) is 6.07 Å². The predicted octanol–water partition coefficient (Wildman–Crippen LogP) is 1.87. The second-order valence-electron chi connectivity index (χ2n) is 4.16. The Hall–Kier alpha value is -1.09. The quantitative estimate of drug-likeness (QED) is 0.817. The first-order valence-electron chi connectivity index (χ1n) is 5.59. The van der Waals surface area contributed by atoms with Crippen LogP contribution >= 0.6 is 0 Å². The molecule has 0 aliphatic heterocycles. The van der Waals surface area contributed by atoms with Crippen molar-refractivity contribution in [2.45, 2.75) is 39.3 Å². The van der Waals surface area contributed by atoms with Gasteiger partial charge in [0.2, 0.25) is 0 Å². The van der Waals surface area contributed by atoms with Gasteiger partial charge in [-0.3, -0.25) is 0 Å². The first kappa shape index (κ1) is 10.4. The van der Waals surface area contributed by atoms with Crippen molar-refractivity contribution in [2.24, 2.45) is 0 Å². The number of pyridine rings is 1. The molecule has 1 N–H and O–H groups in total. The van der Waals surface area contributed by atoms with Gasteiger partial charge in [0.1, 0.15) is 5.82 Å². The van der Waals surface area contributed by atoms with E-state index in [4.69, 9.17) is 5.11 Å². The standard InChI is InChI=1S/C12H18N2O/c1-3-14(11-4-5-11)12-9(2)6-10(8-15)7-13-12/h6-7,11,15H,3-5,8H2,1-2H3. The minimum absolute atomic E-state index is 0.0731. The molecule has 0 unspecified atom stereocenters. The Bertz CT molecular complexity index is 347. The lowest BCUT2D eigenvalue weighted by molar-refractivity contribution is 0.281. The van der Waals surface area contributed by atoms with E-state index >= 15 is 0 Å². The molecule has 1 aliphatic carbocycles. The third-order valence-corrected chi connectivity index (χ3v) is 2.89. The second-order valence-corrected chi connectivity index (χ2v) is 4.16. The molecule has 0 amide bonds. The molecule has 1 saturated carbocycles. The van der Waals surface area contributed by atoms with Crippen LogP contribution in [0.4, 0.5) is 5.82 Å². The molecule has 0 aromatic carbocycles. The maximum Gasteiger partial charge on any atom is 0.131 e. The van der Waals surface area contributed by atoms with Gasteiger partial charge in [-0.1, -0.05) is 0 Å². The maximum atomic E-state index is 9.02. The highest BCUT2D eigenvalue weighted by Gasteiger charge is 2.29. The van der Waals surface area contributed by atoms with Crippen molar-refractivity contribution in [2.75, 3.05) is 11.4 Å². The fraction of sp³-hybridized carbons (Fsp3) is 0.583. The van der Waals surface area contributed by atoms with Gasteiger partial charge in [-0.25, -0.2) is 4.98 Å². The molecule has 1 aromatic rings. The molecule has 15 heavy (non-hydrogen) atoms. The summed E-state index contributed by atoms with van der Waals surface area (Å²) < 4.78 is 0. The first-order valence-corrected chi connectivity index (χ1v) is 5.59. The number of aromatic nitrogens is 1. The van der Waals surface area contributed by atoms with Crippen LogP contribution in [0.5, 0.6) is 0 Å². The van der Waals surface area contributed by atoms with Gasteiger partial charge < -0.3 is 10.0 Å². The Kier molecular flexibility index (Phi) is 2.91. The number of rotatable bonds is 4. The zero-order chi connectivity index (χ0) is 10.8. The molecule has 0 saturated heterocycles. The fourth-order valence-corrected chi connectivity index (χ4v) is 1.98. The fourth-order valence-electron chi connectivity index (χ4n) is 1.98. The molecule has 3 nitrogen and oxygen atoms in total. The third kappa shape index (κ3) is 2.12. The minimum Gasteiger partial charge on any atom is -0.392 e. The molecule has 1 aromatic heterocycles. The zero-order valence-corrected chi connectivity index (χ0v) is 9.40. The molecule has 0 atom stereocenters. The number of anilines is 1. The van der Waals surface area contributed by atoms with Crippen LogP contribution in [0.25, 0.3) is 0 Å². The molecular weight excluding hydrogens is 188 g/mol. The van der Waals surface area contributed by atoms with E-state index in [1.165, 1.54) is 12.8 Å². The molecule has 82 valence electrons. The molecule has 0 radical (unpaired) electrons. The largest absolute Gasteiger partial charge is 0.392 e. The monoisotopic (exact) mass is 206 g/mol. The van der Waals surface area contributed by atoms with E-state index in [2.05, 4.69) is 23.7 Å². The molecule has 1 fully saturated rings. The first-order chi connectivity index (χ1) is 7.26. The summed E-state index contributed by atoms with van der Waals surface area (Å²) in [4.78, 5) is 6.81. The van der Waals surface area contributed by atoms with Crippen molar-refractivity contribution in [3.05, 3.63) is 23.4 Å². The van der Waals surface area contributed by atoms with Crippen LogP contribution in [0.15, 0.2) is 12.3 Å². The van der Waals surface area contributed by atoms with Crippen LogP contribution in [0.1, 0.15) is 30.9 Å². The lowest BCUT2D eigenvalue weighted by Crippen LogP contribution is -2.26. The van der Waals surface area contributed by atoms with Gasteiger partial charge in [0.25, 0.3) is 0 Å². The van der Waals surface area contributed by atoms with E-state index in [0.717, 1.165) is 23.5 Å². The summed E-state index contributed by atoms with van der Waals surface area (Å²) in [7, 11) is 0. The highest BCUT2D eigenvalue weighted by molar-refractivity contribution is 5.49. The molecule has 0 spiro atoms. The van der Waals surface area contributed by atoms with Gasteiger partial charge in [0.05, 0.1) is 6.61 Å². The predicted molar refractivity (Wildman–Crippen MR) is 60.9 cm³/mol. The molecular formula is C12H18N2O. The van der Waals surface area contributed by atoms with Crippen LogP contribution < -0.4 is 4.90 Å². The van der Waals surface area contributed by atoms with Gasteiger partial charge in [-0.15, -0.1) is 0 Å². The third-order valence-electron chi connectivity index (χ3n) is 2.89. The van der Waals surface area contributed by atoms with Crippen LogP contribution in [-0.4, -0.2) is 22.7 Å². The summed E-state index contributed by atoms with van der Waals surface area (Å²) in [5.41, 5.74) is 2.05. The Morgan fingerprint density at radius 3 is 2.73 bits per heavy atom. The van der Waals surface area contributed by atoms with Crippen molar-refractivity contribution in [3.8, 4) is 0 Å². The van der Waals surface area contributed by atoms with E-state index in [-0.39, 0.29) is 6.61 Å². The highest BCUT2D eigenvalue weighted by Crippen LogP contribution is 2.31. The average molecular weight is 206 g/mol. The van der Waals surface area contributed by atoms with Gasteiger partial charge in [0.15, 0.2) is 0 Å². The highest BCUT2D eigenvalue weighted by atomic mass is 16.3. The van der Waals surface area contributed by atoms with Gasteiger partial charge in [0, 0.05) is 18.8 Å². The lowest BCUT2D eigenvalue weighted by Gasteiger charge is -2.23. The number of aliphatic hydroxyl groups is 1. The van der Waals surface area contributed by atoms with E-state index in [9.17, 15) is 0 Å². The van der Waals surface area contributed by atoms with Crippen molar-refractivity contribution >= 4 is 5.82 Å². The molecule has 1 aliphatic rings. The van der Waals surface area contributed by atoms with Crippen LogP contribution in [0.2, 0.25) is 0 Å². The van der Waals surface area contributed by atoms with Gasteiger partial charge in [-0.2, -0.15) is 0 Å². The number of hydrogen-bond acceptors (Lipinski definition) is 3. The van der Waals surface area contributed by atoms with Crippen molar-refractivity contribution in [3.63, 3.8) is 0 Å². The molecule has 2 rings (SSSR count). The summed E-state index contributed by atoms with van der Waals surface area (Å²) in [6, 6.07) is 2.72. The summed E-state index contributed by atoms with van der Waals surface area (Å²) >= 11 is 0. The summed E-state index contributed by atoms with van der Waals surface area (Å²) in [6.07, 6.45) is 4.35. The second kappa shape index (κ2) is 4.19. The number of hydrogen-bond donors (Lipinski definition) is 1. The zero-order valence-electron chi connectivity index (χ0n) is 9.40. The number of aryl methyl sites for hydroxylation is 1. The van der Waals surface area contributed by atoms with E-state index < -0.39 is 0 Å². The van der Waals surface area contributed by atoms with Crippen LogP contribution in [-0.2, 0) is 6.61 Å². The lowest BCUT2D eigenvalue weighted by atomic mass is 10.2. The van der Waals surface area contributed by atoms with Crippen LogP contribution in [0, 0.1) is 6.92 Å². The Morgan fingerprint density at radius 1 is 1.53 bits per heavy atom. The summed E-state index contributed by atoms with van der Waals surface area (Å²) in [5, 5.41) is 9.02. The maximum absolute atomic E-state index is 9.02. The van der Waals surface area contributed by atoms with Crippen molar-refractivity contribution in [1.29, 1.82) is 0 Å². The Morgan fingerprint density at radius 2 is 2.27 bits per heavy atom. The SMILES string of the molecule is CCN(c1ncc(CO)cc1C)C1CC1. The van der Waals surface area contributed by atoms with Gasteiger partial charge >= 0.3 is 0 Å². The Balaban J connectivity index is 2.26. The number of nitrogens with zero attached hydrogens (tertiary/aromatic N) is 2. The topological polar surface area (TPSA) is 36.4 Å². The summed E-state index contributed by atoms with van der Waals surface area (Å²) in [5.74, 6) is 1.08.